The minimum absolute atomic E-state index is 0.0820. The molecule has 3 rings (SSSR count). The van der Waals surface area contributed by atoms with E-state index < -0.39 is 0 Å². The van der Waals surface area contributed by atoms with Crippen LogP contribution < -0.4 is 19.5 Å². The third-order valence-electron chi connectivity index (χ3n) is 5.73. The van der Waals surface area contributed by atoms with Gasteiger partial charge in [-0.3, -0.25) is 4.79 Å². The molecular formula is C29H35NO4. The molecule has 0 aliphatic carbocycles. The van der Waals surface area contributed by atoms with Crippen molar-refractivity contribution in [2.45, 2.75) is 51.7 Å². The van der Waals surface area contributed by atoms with Gasteiger partial charge in [-0.15, -0.1) is 0 Å². The molecule has 0 atom stereocenters. The molecule has 34 heavy (non-hydrogen) atoms. The van der Waals surface area contributed by atoms with Crippen molar-refractivity contribution < 1.29 is 19.0 Å². The highest BCUT2D eigenvalue weighted by atomic mass is 16.5. The van der Waals surface area contributed by atoms with E-state index in [4.69, 9.17) is 14.2 Å². The Morgan fingerprint density at radius 3 is 2.21 bits per heavy atom. The average molecular weight is 462 g/mol. The Morgan fingerprint density at radius 2 is 1.47 bits per heavy atom. The molecular weight excluding hydrogens is 426 g/mol. The van der Waals surface area contributed by atoms with Crippen LogP contribution in [0.15, 0.2) is 72.8 Å². The summed E-state index contributed by atoms with van der Waals surface area (Å²) in [6.07, 6.45) is 5.84. The van der Waals surface area contributed by atoms with Crippen LogP contribution in [0.25, 0.3) is 0 Å². The smallest absolute Gasteiger partial charge is 0.220 e. The predicted octanol–water partition coefficient (Wildman–Crippen LogP) is 6.09. The van der Waals surface area contributed by atoms with Crippen molar-refractivity contribution in [1.82, 2.24) is 5.32 Å². The molecule has 180 valence electrons. The van der Waals surface area contributed by atoms with Gasteiger partial charge in [-0.25, -0.2) is 0 Å². The first-order chi connectivity index (χ1) is 16.7. The Labute approximate surface area is 203 Å². The molecule has 0 spiro atoms. The van der Waals surface area contributed by atoms with Crippen LogP contribution in [0.3, 0.4) is 0 Å². The minimum Gasteiger partial charge on any atom is -0.497 e. The summed E-state index contributed by atoms with van der Waals surface area (Å²) in [6.45, 7) is 0.957. The molecule has 3 aromatic carbocycles. The minimum atomic E-state index is 0.0820. The number of hydrogen-bond donors (Lipinski definition) is 1. The zero-order valence-corrected chi connectivity index (χ0v) is 20.2. The molecule has 0 aliphatic rings. The maximum absolute atomic E-state index is 12.2. The van der Waals surface area contributed by atoms with Crippen LogP contribution in [0, 0.1) is 0 Å². The monoisotopic (exact) mass is 461 g/mol. The lowest BCUT2D eigenvalue weighted by Gasteiger charge is -2.13. The van der Waals surface area contributed by atoms with Gasteiger partial charge in [-0.05, 0) is 60.2 Å². The predicted molar refractivity (Wildman–Crippen MR) is 135 cm³/mol. The molecule has 0 aliphatic heterocycles. The standard InChI is InChI=1S/C29H35NO4/c1-32-26-17-14-23(15-18-26)10-6-3-4-9-13-29(31)30-21-25-16-19-27(28(20-25)33-2)34-22-24-11-7-5-8-12-24/h5,7-8,11-12,14-20H,3-4,6,9-10,13,21-22H2,1-2H3,(H,30,31). The zero-order chi connectivity index (χ0) is 24.0. The number of aryl methyl sites for hydroxylation is 1. The summed E-state index contributed by atoms with van der Waals surface area (Å²) in [7, 11) is 3.31. The average Bonchev–Trinajstić information content (AvgIpc) is 2.89. The molecule has 0 unspecified atom stereocenters. The molecule has 0 saturated carbocycles. The van der Waals surface area contributed by atoms with Gasteiger partial charge in [0.2, 0.25) is 5.91 Å². The number of nitrogens with one attached hydrogen (secondary N) is 1. The summed E-state index contributed by atoms with van der Waals surface area (Å²) in [4.78, 5) is 12.2. The van der Waals surface area contributed by atoms with Crippen LogP contribution in [0.5, 0.6) is 17.2 Å². The van der Waals surface area contributed by atoms with Crippen molar-refractivity contribution in [1.29, 1.82) is 0 Å². The molecule has 0 fully saturated rings. The Bertz CT molecular complexity index is 1000. The van der Waals surface area contributed by atoms with Gasteiger partial charge in [0, 0.05) is 13.0 Å². The molecule has 0 saturated heterocycles. The van der Waals surface area contributed by atoms with E-state index in [1.54, 1.807) is 14.2 Å². The third-order valence-corrected chi connectivity index (χ3v) is 5.73. The normalized spacial score (nSPS) is 10.5. The van der Waals surface area contributed by atoms with Crippen LogP contribution in [0.2, 0.25) is 0 Å². The molecule has 0 heterocycles. The van der Waals surface area contributed by atoms with Crippen molar-refractivity contribution in [2.75, 3.05) is 14.2 Å². The molecule has 0 radical (unpaired) electrons. The second-order valence-electron chi connectivity index (χ2n) is 8.30. The highest BCUT2D eigenvalue weighted by Crippen LogP contribution is 2.29. The lowest BCUT2D eigenvalue weighted by Crippen LogP contribution is -2.22. The number of rotatable bonds is 14. The number of methoxy groups -OCH3 is 2. The Hall–Kier alpha value is -3.47. The summed E-state index contributed by atoms with van der Waals surface area (Å²) in [5.41, 5.74) is 3.41. The summed E-state index contributed by atoms with van der Waals surface area (Å²) < 4.78 is 16.6. The molecule has 3 aromatic rings. The fourth-order valence-corrected chi connectivity index (χ4v) is 3.73. The van der Waals surface area contributed by atoms with Crippen molar-refractivity contribution in [3.8, 4) is 17.2 Å². The number of carbonyl (C=O) groups excluding carboxylic acids is 1. The number of benzene rings is 3. The molecule has 5 nitrogen and oxygen atoms in total. The van der Waals surface area contributed by atoms with Crippen LogP contribution in [0.4, 0.5) is 0 Å². The lowest BCUT2D eigenvalue weighted by molar-refractivity contribution is -0.121. The van der Waals surface area contributed by atoms with Gasteiger partial charge < -0.3 is 19.5 Å². The number of unbranched alkanes of at least 4 members (excludes halogenated alkanes) is 3. The third kappa shape index (κ3) is 8.47. The second-order valence-corrected chi connectivity index (χ2v) is 8.30. The van der Waals surface area contributed by atoms with Gasteiger partial charge in [0.15, 0.2) is 11.5 Å². The maximum Gasteiger partial charge on any atom is 0.220 e. The fraction of sp³-hybridized carbons (Fsp3) is 0.345. The van der Waals surface area contributed by atoms with Gasteiger partial charge in [-0.2, -0.15) is 0 Å². The van der Waals surface area contributed by atoms with Crippen LogP contribution in [-0.2, 0) is 24.4 Å². The van der Waals surface area contributed by atoms with Crippen LogP contribution in [0.1, 0.15) is 48.8 Å². The Kier molecular flexibility index (Phi) is 10.3. The van der Waals surface area contributed by atoms with Crippen molar-refractivity contribution in [3.63, 3.8) is 0 Å². The number of amides is 1. The fourth-order valence-electron chi connectivity index (χ4n) is 3.73. The summed E-state index contributed by atoms with van der Waals surface area (Å²) in [6, 6.07) is 24.0. The van der Waals surface area contributed by atoms with Crippen LogP contribution in [-0.4, -0.2) is 20.1 Å². The van der Waals surface area contributed by atoms with Crippen molar-refractivity contribution in [3.05, 3.63) is 89.5 Å². The van der Waals surface area contributed by atoms with Crippen molar-refractivity contribution in [2.24, 2.45) is 0 Å². The highest BCUT2D eigenvalue weighted by molar-refractivity contribution is 5.75. The van der Waals surface area contributed by atoms with Gasteiger partial charge >= 0.3 is 0 Å². The van der Waals surface area contributed by atoms with E-state index in [0.717, 1.165) is 49.0 Å². The van der Waals surface area contributed by atoms with Crippen molar-refractivity contribution >= 4 is 5.91 Å². The number of ether oxygens (including phenoxy) is 3. The van der Waals surface area contributed by atoms with E-state index >= 15 is 0 Å². The van der Waals surface area contributed by atoms with E-state index in [-0.39, 0.29) is 5.91 Å². The summed E-state index contributed by atoms with van der Waals surface area (Å²) >= 11 is 0. The van der Waals surface area contributed by atoms with Crippen LogP contribution >= 0.6 is 0 Å². The van der Waals surface area contributed by atoms with Gasteiger partial charge in [0.1, 0.15) is 12.4 Å². The van der Waals surface area contributed by atoms with E-state index in [0.29, 0.717) is 31.1 Å². The summed E-state index contributed by atoms with van der Waals surface area (Å²) in [5.74, 6) is 2.33. The first-order valence-electron chi connectivity index (χ1n) is 11.9. The molecule has 5 heteroatoms. The first kappa shape index (κ1) is 25.2. The largest absolute Gasteiger partial charge is 0.497 e. The Balaban J connectivity index is 1.32. The maximum atomic E-state index is 12.2. The first-order valence-corrected chi connectivity index (χ1v) is 11.9. The molecule has 0 aromatic heterocycles. The highest BCUT2D eigenvalue weighted by Gasteiger charge is 2.08. The number of hydrogen-bond acceptors (Lipinski definition) is 4. The SMILES string of the molecule is COc1ccc(CCCCCCC(=O)NCc2ccc(OCc3ccccc3)c(OC)c2)cc1. The van der Waals surface area contributed by atoms with Gasteiger partial charge in [0.25, 0.3) is 0 Å². The topological polar surface area (TPSA) is 56.8 Å². The van der Waals surface area contributed by atoms with E-state index in [1.807, 2.05) is 60.7 Å². The van der Waals surface area contributed by atoms with Gasteiger partial charge in [-0.1, -0.05) is 61.4 Å². The zero-order valence-electron chi connectivity index (χ0n) is 20.2. The van der Waals surface area contributed by atoms with E-state index in [2.05, 4.69) is 17.4 Å². The van der Waals surface area contributed by atoms with E-state index in [9.17, 15) is 4.79 Å². The molecule has 1 amide bonds. The Morgan fingerprint density at radius 1 is 0.735 bits per heavy atom. The van der Waals surface area contributed by atoms with Gasteiger partial charge in [0.05, 0.1) is 14.2 Å². The quantitative estimate of drug-likeness (QED) is 0.295. The molecule has 0 bridgehead atoms. The van der Waals surface area contributed by atoms with E-state index in [1.165, 1.54) is 5.56 Å². The molecule has 1 N–H and O–H groups in total. The summed E-state index contributed by atoms with van der Waals surface area (Å²) in [5, 5.41) is 3.01. The second kappa shape index (κ2) is 13.9. The lowest BCUT2D eigenvalue weighted by atomic mass is 10.1. The number of carbonyl (C=O) groups is 1.